The number of benzene rings is 3. The lowest BCUT2D eigenvalue weighted by atomic mass is 9.94. The van der Waals surface area contributed by atoms with Gasteiger partial charge in [-0.3, -0.25) is 15.3 Å². The Morgan fingerprint density at radius 2 is 1.80 bits per heavy atom. The van der Waals surface area contributed by atoms with Gasteiger partial charge in [0.15, 0.2) is 6.10 Å². The normalized spacial score (nSPS) is 12.6. The highest BCUT2D eigenvalue weighted by atomic mass is 16.6. The second kappa shape index (κ2) is 12.2. The maximum atomic E-state index is 12.8. The number of rotatable bonds is 9. The van der Waals surface area contributed by atoms with Gasteiger partial charge >= 0.3 is 6.09 Å². The van der Waals surface area contributed by atoms with Gasteiger partial charge in [0.1, 0.15) is 5.75 Å². The van der Waals surface area contributed by atoms with Crippen LogP contribution in [0.25, 0.3) is 10.8 Å². The number of fused-ring (bicyclic) bond motifs is 1. The predicted octanol–water partition coefficient (Wildman–Crippen LogP) is 4.56. The summed E-state index contributed by atoms with van der Waals surface area (Å²) in [5.41, 5.74) is 3.07. The highest BCUT2D eigenvalue weighted by Crippen LogP contribution is 2.36. The molecule has 2 atom stereocenters. The van der Waals surface area contributed by atoms with Crippen molar-refractivity contribution in [3.63, 3.8) is 0 Å². The third-order valence-electron chi connectivity index (χ3n) is 5.37. The summed E-state index contributed by atoms with van der Waals surface area (Å²) < 4.78 is 11.5. The second-order valence-electron chi connectivity index (χ2n) is 7.59. The van der Waals surface area contributed by atoms with Crippen LogP contribution in [-0.2, 0) is 14.3 Å². The van der Waals surface area contributed by atoms with Crippen molar-refractivity contribution in [1.29, 1.82) is 5.26 Å². The highest BCUT2D eigenvalue weighted by molar-refractivity contribution is 5.91. The number of hydrogen-bond donors (Lipinski definition) is 4. The molecule has 0 fully saturated rings. The molecule has 0 saturated carbocycles. The van der Waals surface area contributed by atoms with Gasteiger partial charge in [-0.05, 0) is 48.6 Å². The summed E-state index contributed by atoms with van der Waals surface area (Å²) in [7, 11) is 1.49. The van der Waals surface area contributed by atoms with Gasteiger partial charge in [0, 0.05) is 29.8 Å². The number of nitriles is 1. The first-order valence-electron chi connectivity index (χ1n) is 10.8. The van der Waals surface area contributed by atoms with Crippen LogP contribution in [0.5, 0.6) is 5.75 Å². The van der Waals surface area contributed by atoms with Gasteiger partial charge in [-0.25, -0.2) is 10.3 Å². The average molecular weight is 476 g/mol. The molecule has 35 heavy (non-hydrogen) atoms. The molecule has 0 aromatic heterocycles. The van der Waals surface area contributed by atoms with E-state index in [9.17, 15) is 14.7 Å². The Morgan fingerprint density at radius 3 is 2.46 bits per heavy atom. The molecule has 3 rings (SSSR count). The Balaban J connectivity index is 1.89. The van der Waals surface area contributed by atoms with Crippen molar-refractivity contribution < 1.29 is 29.4 Å². The van der Waals surface area contributed by atoms with Crippen molar-refractivity contribution in [2.24, 2.45) is 0 Å². The lowest BCUT2D eigenvalue weighted by Crippen LogP contribution is -2.28. The third kappa shape index (κ3) is 6.57. The van der Waals surface area contributed by atoms with Gasteiger partial charge < -0.3 is 14.6 Å². The van der Waals surface area contributed by atoms with E-state index in [4.69, 9.17) is 19.9 Å². The smallest absolute Gasteiger partial charge is 0.412 e. The number of anilines is 1. The minimum absolute atomic E-state index is 0.0945. The zero-order valence-corrected chi connectivity index (χ0v) is 19.0. The average Bonchev–Trinajstić information content (AvgIpc) is 2.88. The molecular formula is C26H25N3O6. The first kappa shape index (κ1) is 25.2. The van der Waals surface area contributed by atoms with Gasteiger partial charge in [0.05, 0.1) is 17.7 Å². The monoisotopic (exact) mass is 475 g/mol. The van der Waals surface area contributed by atoms with E-state index in [1.165, 1.54) is 24.7 Å². The van der Waals surface area contributed by atoms with Crippen molar-refractivity contribution in [2.45, 2.75) is 25.0 Å². The number of hydroxylamine groups is 1. The van der Waals surface area contributed by atoms with Gasteiger partial charge in [-0.1, -0.05) is 36.4 Å². The van der Waals surface area contributed by atoms with E-state index in [2.05, 4.69) is 5.32 Å². The first-order valence-corrected chi connectivity index (χ1v) is 10.8. The van der Waals surface area contributed by atoms with Crippen LogP contribution in [0.1, 0.15) is 30.1 Å². The van der Waals surface area contributed by atoms with Crippen LogP contribution in [0.4, 0.5) is 10.5 Å². The molecule has 2 amide bonds. The maximum absolute atomic E-state index is 12.8. The summed E-state index contributed by atoms with van der Waals surface area (Å²) in [5.74, 6) is -0.560. The number of nitrogens with zero attached hydrogens (tertiary/aromatic N) is 1. The Hall–Kier alpha value is -4.39. The summed E-state index contributed by atoms with van der Waals surface area (Å²) >= 11 is 0. The molecule has 3 aromatic carbocycles. The summed E-state index contributed by atoms with van der Waals surface area (Å²) in [5, 5.41) is 31.8. The number of carbonyl (C=O) groups excluding carboxylic acids is 2. The van der Waals surface area contributed by atoms with Crippen LogP contribution in [-0.4, -0.2) is 35.5 Å². The van der Waals surface area contributed by atoms with Crippen molar-refractivity contribution >= 4 is 28.5 Å². The molecule has 0 bridgehead atoms. The minimum atomic E-state index is -0.857. The van der Waals surface area contributed by atoms with Crippen molar-refractivity contribution in [3.8, 4) is 11.8 Å². The summed E-state index contributed by atoms with van der Waals surface area (Å²) in [6.45, 7) is 0. The van der Waals surface area contributed by atoms with Gasteiger partial charge in [0.2, 0.25) is 0 Å². The van der Waals surface area contributed by atoms with E-state index < -0.39 is 24.2 Å². The number of methoxy groups -OCH3 is 1. The first-order chi connectivity index (χ1) is 17.0. The van der Waals surface area contributed by atoms with E-state index in [0.717, 1.165) is 0 Å². The van der Waals surface area contributed by atoms with E-state index >= 15 is 0 Å². The van der Waals surface area contributed by atoms with E-state index in [1.807, 2.05) is 18.2 Å². The number of phenols is 1. The zero-order chi connectivity index (χ0) is 25.2. The van der Waals surface area contributed by atoms with Crippen LogP contribution in [0.2, 0.25) is 0 Å². The molecule has 0 unspecified atom stereocenters. The number of nitrogens with one attached hydrogen (secondary N) is 2. The standard InChI is InChI=1S/C26H25N3O6/c1-34-23(8-4-5-9-24(31)29-33)25(21-14-15-22(30)20-7-3-2-6-19(20)21)35-26(32)28-18-12-10-17(16-27)11-13-18/h2-3,5-7,9-15,23,25,30,33H,4,8H2,1H3,(H,28,32)(H,29,31)/b9-5+/t23-,25-/m1/s1. The zero-order valence-electron chi connectivity index (χ0n) is 19.0. The molecule has 0 spiro atoms. The van der Waals surface area contributed by atoms with Crippen molar-refractivity contribution in [2.75, 3.05) is 12.4 Å². The number of amides is 2. The van der Waals surface area contributed by atoms with Crippen molar-refractivity contribution in [1.82, 2.24) is 5.48 Å². The van der Waals surface area contributed by atoms with E-state index in [1.54, 1.807) is 48.5 Å². The molecule has 0 aliphatic heterocycles. The molecular weight excluding hydrogens is 450 g/mol. The fourth-order valence-corrected chi connectivity index (χ4v) is 3.67. The molecule has 0 aliphatic carbocycles. The SMILES string of the molecule is CO[C@H](CC/C=C/C(=O)NO)[C@H](OC(=O)Nc1ccc(C#N)cc1)c1ccc(O)c2ccccc12. The van der Waals surface area contributed by atoms with Gasteiger partial charge in [-0.15, -0.1) is 0 Å². The fourth-order valence-electron chi connectivity index (χ4n) is 3.67. The number of phenolic OH excluding ortho intramolecular Hbond substituents is 1. The maximum Gasteiger partial charge on any atom is 0.412 e. The summed E-state index contributed by atoms with van der Waals surface area (Å²) in [6.07, 6.45) is 1.36. The van der Waals surface area contributed by atoms with Crippen LogP contribution in [0.15, 0.2) is 72.8 Å². The number of ether oxygens (including phenoxy) is 2. The Bertz CT molecular complexity index is 1250. The van der Waals surface area contributed by atoms with Gasteiger partial charge in [-0.2, -0.15) is 5.26 Å². The summed E-state index contributed by atoms with van der Waals surface area (Å²) in [6, 6.07) is 18.8. The fraction of sp³-hybridized carbons (Fsp3) is 0.192. The minimum Gasteiger partial charge on any atom is -0.507 e. The van der Waals surface area contributed by atoms with Crippen molar-refractivity contribution in [3.05, 3.63) is 83.9 Å². The summed E-state index contributed by atoms with van der Waals surface area (Å²) in [4.78, 5) is 24.1. The molecule has 0 saturated heterocycles. The number of hydrogen-bond acceptors (Lipinski definition) is 7. The Labute approximate surface area is 202 Å². The quantitative estimate of drug-likeness (QED) is 0.202. The lowest BCUT2D eigenvalue weighted by molar-refractivity contribution is -0.124. The number of aromatic hydroxyl groups is 1. The van der Waals surface area contributed by atoms with Gasteiger partial charge in [0.25, 0.3) is 5.91 Å². The molecule has 0 radical (unpaired) electrons. The molecule has 3 aromatic rings. The second-order valence-corrected chi connectivity index (χ2v) is 7.59. The predicted molar refractivity (Wildman–Crippen MR) is 129 cm³/mol. The lowest BCUT2D eigenvalue weighted by Gasteiger charge is -2.27. The molecule has 0 aliphatic rings. The molecule has 4 N–H and O–H groups in total. The number of carbonyl (C=O) groups is 2. The molecule has 9 heteroatoms. The topological polar surface area (TPSA) is 141 Å². The molecule has 180 valence electrons. The van der Waals surface area contributed by atoms with E-state index in [0.29, 0.717) is 40.4 Å². The largest absolute Gasteiger partial charge is 0.507 e. The van der Waals surface area contributed by atoms with Crippen LogP contribution in [0.3, 0.4) is 0 Å². The number of allylic oxidation sites excluding steroid dienone is 1. The van der Waals surface area contributed by atoms with Crippen LogP contribution in [0, 0.1) is 11.3 Å². The molecule has 9 nitrogen and oxygen atoms in total. The Morgan fingerprint density at radius 1 is 1.09 bits per heavy atom. The van der Waals surface area contributed by atoms with Crippen LogP contribution < -0.4 is 10.8 Å². The van der Waals surface area contributed by atoms with Crippen LogP contribution >= 0.6 is 0 Å². The Kier molecular flexibility index (Phi) is 8.78. The van der Waals surface area contributed by atoms with E-state index in [-0.39, 0.29) is 5.75 Å². The molecule has 0 heterocycles. The third-order valence-corrected chi connectivity index (χ3v) is 5.37. The highest BCUT2D eigenvalue weighted by Gasteiger charge is 2.29.